The van der Waals surface area contributed by atoms with Gasteiger partial charge in [-0.25, -0.2) is 4.68 Å². The van der Waals surface area contributed by atoms with Crippen LogP contribution in [0.5, 0.6) is 0 Å². The SMILES string of the molecule is CN=C(NCc1cn(CC(=O)OC)nn1)NC1CC(C)N(Cc2ccccc2)C1. The van der Waals surface area contributed by atoms with Crippen molar-refractivity contribution in [3.05, 3.63) is 47.8 Å². The molecule has 0 amide bonds. The summed E-state index contributed by atoms with van der Waals surface area (Å²) in [4.78, 5) is 18.1. The molecular formula is C20H29N7O2. The van der Waals surface area contributed by atoms with E-state index in [-0.39, 0.29) is 12.5 Å². The third-order valence-electron chi connectivity index (χ3n) is 5.04. The van der Waals surface area contributed by atoms with Gasteiger partial charge in [-0.2, -0.15) is 0 Å². The number of guanidine groups is 1. The normalized spacial score (nSPS) is 19.9. The fraction of sp³-hybridized carbons (Fsp3) is 0.500. The van der Waals surface area contributed by atoms with Gasteiger partial charge in [-0.3, -0.25) is 14.7 Å². The molecule has 9 heteroatoms. The van der Waals surface area contributed by atoms with E-state index in [9.17, 15) is 4.79 Å². The summed E-state index contributed by atoms with van der Waals surface area (Å²) in [6, 6.07) is 11.4. The molecule has 1 aliphatic heterocycles. The second-order valence-corrected chi connectivity index (χ2v) is 7.25. The number of aliphatic imine (C=N–C) groups is 1. The Labute approximate surface area is 171 Å². The zero-order valence-electron chi connectivity index (χ0n) is 17.2. The van der Waals surface area contributed by atoms with Crippen LogP contribution in [0.4, 0.5) is 0 Å². The van der Waals surface area contributed by atoms with E-state index in [1.807, 2.05) is 6.07 Å². The molecule has 9 nitrogen and oxygen atoms in total. The minimum atomic E-state index is -0.359. The molecule has 0 bridgehead atoms. The van der Waals surface area contributed by atoms with Crippen LogP contribution in [0.15, 0.2) is 41.5 Å². The van der Waals surface area contributed by atoms with Crippen molar-refractivity contribution in [1.29, 1.82) is 0 Å². The fourth-order valence-corrected chi connectivity index (χ4v) is 3.50. The van der Waals surface area contributed by atoms with Crippen molar-refractivity contribution in [2.24, 2.45) is 4.99 Å². The fourth-order valence-electron chi connectivity index (χ4n) is 3.50. The van der Waals surface area contributed by atoms with Crippen LogP contribution in [0, 0.1) is 0 Å². The Balaban J connectivity index is 1.47. The highest BCUT2D eigenvalue weighted by Gasteiger charge is 2.29. The van der Waals surface area contributed by atoms with Gasteiger partial charge in [0.25, 0.3) is 0 Å². The number of aromatic nitrogens is 3. The molecule has 156 valence electrons. The molecule has 2 unspecified atom stereocenters. The number of hydrogen-bond donors (Lipinski definition) is 2. The Hall–Kier alpha value is -2.94. The number of ether oxygens (including phenoxy) is 1. The highest BCUT2D eigenvalue weighted by atomic mass is 16.5. The molecule has 1 aromatic heterocycles. The largest absolute Gasteiger partial charge is 0.468 e. The summed E-state index contributed by atoms with van der Waals surface area (Å²) in [7, 11) is 3.10. The Morgan fingerprint density at radius 1 is 1.34 bits per heavy atom. The van der Waals surface area contributed by atoms with Crippen LogP contribution < -0.4 is 10.6 Å². The van der Waals surface area contributed by atoms with E-state index >= 15 is 0 Å². The van der Waals surface area contributed by atoms with Crippen LogP contribution in [0.25, 0.3) is 0 Å². The van der Waals surface area contributed by atoms with Crippen molar-refractivity contribution < 1.29 is 9.53 Å². The second-order valence-electron chi connectivity index (χ2n) is 7.25. The standard InChI is InChI=1S/C20H29N7O2/c1-15-9-17(12-26(15)11-16-7-5-4-6-8-16)23-20(21-2)22-10-18-13-27(25-24-18)14-19(28)29-3/h4-8,13,15,17H,9-12,14H2,1-3H3,(H2,21,22,23). The number of benzene rings is 1. The summed E-state index contributed by atoms with van der Waals surface area (Å²) >= 11 is 0. The van der Waals surface area contributed by atoms with Gasteiger partial charge in [-0.1, -0.05) is 35.5 Å². The molecule has 0 radical (unpaired) electrons. The number of carbonyl (C=O) groups is 1. The molecule has 2 heterocycles. The van der Waals surface area contributed by atoms with E-state index in [1.165, 1.54) is 17.4 Å². The maximum absolute atomic E-state index is 11.3. The first-order valence-electron chi connectivity index (χ1n) is 9.78. The van der Waals surface area contributed by atoms with E-state index in [4.69, 9.17) is 0 Å². The van der Waals surface area contributed by atoms with Gasteiger partial charge in [0.1, 0.15) is 12.2 Å². The second kappa shape index (κ2) is 10.0. The van der Waals surface area contributed by atoms with Crippen LogP contribution in [0.3, 0.4) is 0 Å². The van der Waals surface area contributed by atoms with E-state index in [2.05, 4.69) is 66.8 Å². The smallest absolute Gasteiger partial charge is 0.327 e. The summed E-state index contributed by atoms with van der Waals surface area (Å²) in [5.74, 6) is 0.369. The molecule has 2 atom stereocenters. The van der Waals surface area contributed by atoms with Crippen LogP contribution >= 0.6 is 0 Å². The quantitative estimate of drug-likeness (QED) is 0.403. The highest BCUT2D eigenvalue weighted by Crippen LogP contribution is 2.20. The molecule has 1 fully saturated rings. The summed E-state index contributed by atoms with van der Waals surface area (Å²) < 4.78 is 6.09. The first-order valence-corrected chi connectivity index (χ1v) is 9.78. The number of rotatable bonds is 7. The van der Waals surface area contributed by atoms with Crippen molar-refractivity contribution in [3.8, 4) is 0 Å². The lowest BCUT2D eigenvalue weighted by Gasteiger charge is -2.21. The molecular weight excluding hydrogens is 370 g/mol. The molecule has 2 aromatic rings. The Morgan fingerprint density at radius 3 is 2.86 bits per heavy atom. The van der Waals surface area contributed by atoms with E-state index in [0.717, 1.165) is 31.2 Å². The number of likely N-dealkylation sites (tertiary alicyclic amines) is 1. The van der Waals surface area contributed by atoms with Crippen LogP contribution in [0.2, 0.25) is 0 Å². The van der Waals surface area contributed by atoms with Crippen LogP contribution in [-0.4, -0.2) is 64.6 Å². The summed E-state index contributed by atoms with van der Waals surface area (Å²) in [5, 5.41) is 14.8. The van der Waals surface area contributed by atoms with Gasteiger partial charge in [0.15, 0.2) is 5.96 Å². The monoisotopic (exact) mass is 399 g/mol. The molecule has 1 aliphatic rings. The summed E-state index contributed by atoms with van der Waals surface area (Å²) in [5.41, 5.74) is 2.06. The predicted molar refractivity (Wildman–Crippen MR) is 110 cm³/mol. The van der Waals surface area contributed by atoms with Crippen molar-refractivity contribution in [1.82, 2.24) is 30.5 Å². The predicted octanol–water partition coefficient (Wildman–Crippen LogP) is 0.779. The first kappa shape index (κ1) is 20.8. The zero-order valence-corrected chi connectivity index (χ0v) is 17.2. The van der Waals surface area contributed by atoms with Gasteiger partial charge in [0.05, 0.1) is 19.9 Å². The minimum absolute atomic E-state index is 0.0493. The Bertz CT molecular complexity index is 821. The van der Waals surface area contributed by atoms with E-state index in [0.29, 0.717) is 18.6 Å². The lowest BCUT2D eigenvalue weighted by atomic mass is 10.2. The number of methoxy groups -OCH3 is 1. The first-order chi connectivity index (χ1) is 14.1. The van der Waals surface area contributed by atoms with Gasteiger partial charge < -0.3 is 15.4 Å². The van der Waals surface area contributed by atoms with E-state index in [1.54, 1.807) is 13.2 Å². The van der Waals surface area contributed by atoms with Crippen molar-refractivity contribution in [3.63, 3.8) is 0 Å². The molecule has 0 spiro atoms. The Morgan fingerprint density at radius 2 is 2.14 bits per heavy atom. The van der Waals surface area contributed by atoms with Crippen molar-refractivity contribution in [2.45, 2.75) is 45.1 Å². The molecule has 1 saturated heterocycles. The summed E-state index contributed by atoms with van der Waals surface area (Å²) in [6.45, 7) is 4.70. The van der Waals surface area contributed by atoms with Crippen LogP contribution in [-0.2, 0) is 29.2 Å². The maximum Gasteiger partial charge on any atom is 0.327 e. The highest BCUT2D eigenvalue weighted by molar-refractivity contribution is 5.80. The number of nitrogens with one attached hydrogen (secondary N) is 2. The molecule has 1 aromatic carbocycles. The molecule has 0 saturated carbocycles. The third-order valence-corrected chi connectivity index (χ3v) is 5.04. The van der Waals surface area contributed by atoms with Crippen molar-refractivity contribution >= 4 is 11.9 Å². The molecule has 2 N–H and O–H groups in total. The van der Waals surface area contributed by atoms with Gasteiger partial charge >= 0.3 is 5.97 Å². The third kappa shape index (κ3) is 6.02. The van der Waals surface area contributed by atoms with Gasteiger partial charge in [-0.05, 0) is 18.9 Å². The van der Waals surface area contributed by atoms with Crippen molar-refractivity contribution in [2.75, 3.05) is 20.7 Å². The average molecular weight is 399 g/mol. The van der Waals surface area contributed by atoms with Gasteiger partial charge in [0, 0.05) is 32.2 Å². The average Bonchev–Trinajstić information content (AvgIpc) is 3.31. The lowest BCUT2D eigenvalue weighted by Crippen LogP contribution is -2.44. The van der Waals surface area contributed by atoms with Gasteiger partial charge in [0.2, 0.25) is 0 Å². The maximum atomic E-state index is 11.3. The number of hydrogen-bond acceptors (Lipinski definition) is 6. The number of carbonyl (C=O) groups excluding carboxylic acids is 1. The zero-order chi connectivity index (χ0) is 20.6. The van der Waals surface area contributed by atoms with Gasteiger partial charge in [-0.15, -0.1) is 5.10 Å². The molecule has 3 rings (SSSR count). The summed E-state index contributed by atoms with van der Waals surface area (Å²) in [6.07, 6.45) is 2.78. The molecule has 0 aliphatic carbocycles. The lowest BCUT2D eigenvalue weighted by molar-refractivity contribution is -0.141. The minimum Gasteiger partial charge on any atom is -0.468 e. The van der Waals surface area contributed by atoms with E-state index < -0.39 is 0 Å². The number of esters is 1. The Kier molecular flexibility index (Phi) is 7.18. The van der Waals surface area contributed by atoms with Crippen LogP contribution in [0.1, 0.15) is 24.6 Å². The number of nitrogens with zero attached hydrogens (tertiary/aromatic N) is 5. The topological polar surface area (TPSA) is 96.7 Å². The molecule has 29 heavy (non-hydrogen) atoms.